The van der Waals surface area contributed by atoms with Crippen LogP contribution in [0.2, 0.25) is 0 Å². The molecule has 0 aliphatic carbocycles. The molecule has 9 heteroatoms. The predicted octanol–water partition coefficient (Wildman–Crippen LogP) is 3.03. The van der Waals surface area contributed by atoms with Gasteiger partial charge in [0.15, 0.2) is 5.69 Å². The number of likely N-dealkylation sites (tertiary alicyclic amines) is 1. The Morgan fingerprint density at radius 1 is 1.00 bits per heavy atom. The second-order valence-corrected chi connectivity index (χ2v) is 7.77. The standard InChI is InChI=1S/C24H20N6O3/c1-15-22(27-28-30(15)19-10-4-7-16-8-5-13-25-23(16)19)24(33)26-18-9-3-2-6-17(18)14-29-20(31)11-12-21(29)32/h2-10,13H,11-12,14H2,1H3,(H,26,33). The second kappa shape index (κ2) is 8.27. The molecule has 2 aromatic heterocycles. The van der Waals surface area contributed by atoms with Gasteiger partial charge in [-0.3, -0.25) is 24.3 Å². The Bertz CT molecular complexity index is 1390. The number of imide groups is 1. The van der Waals surface area contributed by atoms with E-state index in [0.29, 0.717) is 16.9 Å². The number of para-hydroxylation sites is 2. The van der Waals surface area contributed by atoms with Gasteiger partial charge in [0.2, 0.25) is 11.8 Å². The van der Waals surface area contributed by atoms with Crippen molar-refractivity contribution >= 4 is 34.3 Å². The van der Waals surface area contributed by atoms with E-state index < -0.39 is 5.91 Å². The topological polar surface area (TPSA) is 110 Å². The highest BCUT2D eigenvalue weighted by atomic mass is 16.2. The summed E-state index contributed by atoms with van der Waals surface area (Å²) in [4.78, 5) is 42.8. The molecule has 0 atom stereocenters. The lowest BCUT2D eigenvalue weighted by atomic mass is 10.1. The van der Waals surface area contributed by atoms with Crippen molar-refractivity contribution in [2.24, 2.45) is 0 Å². The van der Waals surface area contributed by atoms with Crippen LogP contribution in [0.1, 0.15) is 34.6 Å². The van der Waals surface area contributed by atoms with Gasteiger partial charge in [-0.1, -0.05) is 41.6 Å². The molecule has 0 bridgehead atoms. The summed E-state index contributed by atoms with van der Waals surface area (Å²) in [6, 6.07) is 16.6. The highest BCUT2D eigenvalue weighted by Crippen LogP contribution is 2.24. The van der Waals surface area contributed by atoms with Crippen molar-refractivity contribution in [2.75, 3.05) is 5.32 Å². The fourth-order valence-corrected chi connectivity index (χ4v) is 3.96. The molecule has 0 unspecified atom stereocenters. The van der Waals surface area contributed by atoms with Crippen molar-refractivity contribution in [1.82, 2.24) is 24.9 Å². The maximum absolute atomic E-state index is 13.1. The summed E-state index contributed by atoms with van der Waals surface area (Å²) < 4.78 is 1.59. The van der Waals surface area contributed by atoms with Gasteiger partial charge in [0.1, 0.15) is 0 Å². The van der Waals surface area contributed by atoms with E-state index in [2.05, 4.69) is 20.6 Å². The average Bonchev–Trinajstić information content (AvgIpc) is 3.36. The number of pyridine rings is 1. The van der Waals surface area contributed by atoms with Gasteiger partial charge in [-0.2, -0.15) is 0 Å². The van der Waals surface area contributed by atoms with Crippen LogP contribution >= 0.6 is 0 Å². The van der Waals surface area contributed by atoms with Gasteiger partial charge in [-0.15, -0.1) is 5.10 Å². The van der Waals surface area contributed by atoms with Gasteiger partial charge in [-0.05, 0) is 30.7 Å². The first-order valence-electron chi connectivity index (χ1n) is 10.5. The van der Waals surface area contributed by atoms with Crippen LogP contribution in [0.25, 0.3) is 16.6 Å². The Balaban J connectivity index is 1.43. The summed E-state index contributed by atoms with van der Waals surface area (Å²) >= 11 is 0. The van der Waals surface area contributed by atoms with Crippen molar-refractivity contribution in [2.45, 2.75) is 26.3 Å². The molecule has 0 radical (unpaired) electrons. The van der Waals surface area contributed by atoms with Gasteiger partial charge in [0.05, 0.1) is 23.4 Å². The number of nitrogens with one attached hydrogen (secondary N) is 1. The maximum Gasteiger partial charge on any atom is 0.278 e. The number of hydrogen-bond donors (Lipinski definition) is 1. The van der Waals surface area contributed by atoms with Crippen LogP contribution in [0.4, 0.5) is 5.69 Å². The molecule has 3 amide bonds. The van der Waals surface area contributed by atoms with Crippen LogP contribution in [-0.2, 0) is 16.1 Å². The van der Waals surface area contributed by atoms with Crippen molar-refractivity contribution < 1.29 is 14.4 Å². The van der Waals surface area contributed by atoms with E-state index in [1.807, 2.05) is 30.3 Å². The summed E-state index contributed by atoms with van der Waals surface area (Å²) in [5, 5.41) is 12.1. The van der Waals surface area contributed by atoms with Gasteiger partial charge in [-0.25, -0.2) is 4.68 Å². The number of amides is 3. The molecule has 1 aliphatic rings. The van der Waals surface area contributed by atoms with Gasteiger partial charge < -0.3 is 5.32 Å². The van der Waals surface area contributed by atoms with Crippen LogP contribution in [-0.4, -0.2) is 42.6 Å². The smallest absolute Gasteiger partial charge is 0.278 e. The van der Waals surface area contributed by atoms with Gasteiger partial charge >= 0.3 is 0 Å². The number of anilines is 1. The molecule has 164 valence electrons. The molecular weight excluding hydrogens is 420 g/mol. The molecule has 0 saturated carbocycles. The molecule has 3 heterocycles. The zero-order valence-corrected chi connectivity index (χ0v) is 17.9. The molecule has 1 saturated heterocycles. The minimum atomic E-state index is -0.432. The lowest BCUT2D eigenvalue weighted by Crippen LogP contribution is -2.29. The molecule has 5 rings (SSSR count). The van der Waals surface area contributed by atoms with E-state index >= 15 is 0 Å². The summed E-state index contributed by atoms with van der Waals surface area (Å²) in [7, 11) is 0. The second-order valence-electron chi connectivity index (χ2n) is 7.77. The molecule has 1 N–H and O–H groups in total. The third kappa shape index (κ3) is 3.73. The number of fused-ring (bicyclic) bond motifs is 1. The van der Waals surface area contributed by atoms with E-state index in [1.54, 1.807) is 42.1 Å². The summed E-state index contributed by atoms with van der Waals surface area (Å²) in [6.07, 6.45) is 2.15. The molecule has 1 fully saturated rings. The first-order valence-corrected chi connectivity index (χ1v) is 10.5. The number of benzene rings is 2. The Kier molecular flexibility index (Phi) is 5.14. The van der Waals surface area contributed by atoms with Crippen molar-refractivity contribution in [3.63, 3.8) is 0 Å². The molecular formula is C24H20N6O3. The highest BCUT2D eigenvalue weighted by molar-refractivity contribution is 6.05. The maximum atomic E-state index is 13.1. The fraction of sp³-hybridized carbons (Fsp3) is 0.167. The lowest BCUT2D eigenvalue weighted by molar-refractivity contribution is -0.139. The Morgan fingerprint density at radius 2 is 1.76 bits per heavy atom. The Hall–Kier alpha value is -4.40. The van der Waals surface area contributed by atoms with E-state index in [0.717, 1.165) is 16.6 Å². The molecule has 33 heavy (non-hydrogen) atoms. The zero-order valence-electron chi connectivity index (χ0n) is 17.9. The number of hydrogen-bond acceptors (Lipinski definition) is 6. The van der Waals surface area contributed by atoms with Crippen LogP contribution in [0.3, 0.4) is 0 Å². The summed E-state index contributed by atoms with van der Waals surface area (Å²) in [6.45, 7) is 1.88. The van der Waals surface area contributed by atoms with E-state index in [4.69, 9.17) is 0 Å². The number of rotatable bonds is 5. The van der Waals surface area contributed by atoms with Gasteiger partial charge in [0, 0.05) is 30.1 Å². The van der Waals surface area contributed by atoms with Crippen molar-refractivity contribution in [1.29, 1.82) is 0 Å². The quantitative estimate of drug-likeness (QED) is 0.478. The third-order valence-corrected chi connectivity index (χ3v) is 5.70. The first kappa shape index (κ1) is 20.5. The van der Waals surface area contributed by atoms with E-state index in [1.165, 1.54) is 4.90 Å². The van der Waals surface area contributed by atoms with Crippen LogP contribution in [0.15, 0.2) is 60.8 Å². The Labute approximate surface area is 189 Å². The van der Waals surface area contributed by atoms with Crippen LogP contribution in [0, 0.1) is 6.92 Å². The van der Waals surface area contributed by atoms with Crippen molar-refractivity contribution in [3.05, 3.63) is 77.7 Å². The molecule has 1 aliphatic heterocycles. The minimum absolute atomic E-state index is 0.113. The summed E-state index contributed by atoms with van der Waals surface area (Å²) in [5.74, 6) is -0.842. The molecule has 9 nitrogen and oxygen atoms in total. The van der Waals surface area contributed by atoms with Crippen molar-refractivity contribution in [3.8, 4) is 5.69 Å². The van der Waals surface area contributed by atoms with E-state index in [9.17, 15) is 14.4 Å². The first-order chi connectivity index (χ1) is 16.0. The average molecular weight is 440 g/mol. The number of carbonyl (C=O) groups excluding carboxylic acids is 3. The van der Waals surface area contributed by atoms with Gasteiger partial charge in [0.25, 0.3) is 5.91 Å². The number of nitrogens with zero attached hydrogens (tertiary/aromatic N) is 5. The molecule has 2 aromatic carbocycles. The third-order valence-electron chi connectivity index (χ3n) is 5.70. The minimum Gasteiger partial charge on any atom is -0.320 e. The fourth-order valence-electron chi connectivity index (χ4n) is 3.96. The van der Waals surface area contributed by atoms with Crippen LogP contribution < -0.4 is 5.32 Å². The highest BCUT2D eigenvalue weighted by Gasteiger charge is 2.29. The largest absolute Gasteiger partial charge is 0.320 e. The monoisotopic (exact) mass is 440 g/mol. The van der Waals surface area contributed by atoms with E-state index in [-0.39, 0.29) is 36.9 Å². The SMILES string of the molecule is Cc1c(C(=O)Nc2ccccc2CN2C(=O)CCC2=O)nnn1-c1cccc2cccnc12. The normalized spacial score (nSPS) is 13.7. The predicted molar refractivity (Wildman–Crippen MR) is 121 cm³/mol. The number of carbonyl (C=O) groups is 3. The zero-order chi connectivity index (χ0) is 22.9. The molecule has 4 aromatic rings. The number of aromatic nitrogens is 4. The van der Waals surface area contributed by atoms with Crippen LogP contribution in [0.5, 0.6) is 0 Å². The lowest BCUT2D eigenvalue weighted by Gasteiger charge is -2.17. The molecule has 0 spiro atoms. The summed E-state index contributed by atoms with van der Waals surface area (Å²) in [5.41, 5.74) is 3.39. The Morgan fingerprint density at radius 3 is 2.58 bits per heavy atom.